The number of aryl methyl sites for hydroxylation is 1. The molecule has 5 heteroatoms. The quantitative estimate of drug-likeness (QED) is 0.852. The smallest absolute Gasteiger partial charge is 0.255 e. The monoisotopic (exact) mass is 226 g/mol. The van der Waals surface area contributed by atoms with Gasteiger partial charge in [-0.25, -0.2) is 4.98 Å². The van der Waals surface area contributed by atoms with Crippen LogP contribution in [0.1, 0.15) is 17.7 Å². The van der Waals surface area contributed by atoms with E-state index in [4.69, 9.17) is 4.74 Å². The molecule has 2 rings (SSSR count). The second kappa shape index (κ2) is 4.28. The number of carbonyl (C=O) groups excluding carboxylic acids is 1. The fourth-order valence-corrected chi connectivity index (χ4v) is 2.17. The maximum atomic E-state index is 11.8. The molecule has 0 aromatic carbocycles. The van der Waals surface area contributed by atoms with Crippen LogP contribution in [0.15, 0.2) is 6.20 Å². The summed E-state index contributed by atoms with van der Waals surface area (Å²) in [6.07, 6.45) is 3.61. The largest absolute Gasteiger partial charge is 0.371 e. The summed E-state index contributed by atoms with van der Waals surface area (Å²) in [6, 6.07) is 0. The van der Waals surface area contributed by atoms with Gasteiger partial charge in [-0.05, 0) is 25.7 Å². The molecule has 1 N–H and O–H groups in total. The predicted molar refractivity (Wildman–Crippen MR) is 59.0 cm³/mol. The molecule has 1 fully saturated rings. The van der Waals surface area contributed by atoms with E-state index in [2.05, 4.69) is 10.3 Å². The van der Waals surface area contributed by atoms with Gasteiger partial charge in [-0.2, -0.15) is 0 Å². The third-order valence-electron chi connectivity index (χ3n) is 2.41. The van der Waals surface area contributed by atoms with E-state index < -0.39 is 0 Å². The Hall–Kier alpha value is -0.940. The molecule has 4 nitrogen and oxygen atoms in total. The van der Waals surface area contributed by atoms with Gasteiger partial charge in [0.1, 0.15) is 6.10 Å². The Morgan fingerprint density at radius 3 is 2.93 bits per heavy atom. The van der Waals surface area contributed by atoms with E-state index in [0.717, 1.165) is 17.7 Å². The summed E-state index contributed by atoms with van der Waals surface area (Å²) in [7, 11) is 1.58. The van der Waals surface area contributed by atoms with Crippen molar-refractivity contribution in [2.75, 3.05) is 12.4 Å². The molecule has 0 radical (unpaired) electrons. The van der Waals surface area contributed by atoms with Crippen LogP contribution in [0.3, 0.4) is 0 Å². The number of amides is 1. The van der Waals surface area contributed by atoms with E-state index in [1.165, 1.54) is 11.3 Å². The summed E-state index contributed by atoms with van der Waals surface area (Å²) < 4.78 is 5.18. The number of carbonyl (C=O) groups is 1. The van der Waals surface area contributed by atoms with Crippen LogP contribution in [0.25, 0.3) is 0 Å². The number of nitrogens with one attached hydrogen (secondary N) is 1. The Bertz CT molecular complexity index is 360. The van der Waals surface area contributed by atoms with E-state index in [9.17, 15) is 4.79 Å². The van der Waals surface area contributed by atoms with E-state index in [0.29, 0.717) is 11.0 Å². The zero-order valence-electron chi connectivity index (χ0n) is 8.82. The average Bonchev–Trinajstić information content (AvgIpc) is 2.93. The number of nitrogens with zero attached hydrogens (tertiary/aromatic N) is 1. The van der Waals surface area contributed by atoms with Gasteiger partial charge in [-0.1, -0.05) is 0 Å². The van der Waals surface area contributed by atoms with Crippen molar-refractivity contribution in [1.29, 1.82) is 0 Å². The van der Waals surface area contributed by atoms with Crippen LogP contribution in [0.2, 0.25) is 0 Å². The number of methoxy groups -OCH3 is 1. The molecule has 1 aliphatic carbocycles. The number of ether oxygens (including phenoxy) is 1. The van der Waals surface area contributed by atoms with Crippen LogP contribution in [0.4, 0.5) is 5.13 Å². The second-order valence-corrected chi connectivity index (χ2v) is 4.99. The number of thiazole rings is 1. The maximum absolute atomic E-state index is 11.8. The van der Waals surface area contributed by atoms with Gasteiger partial charge in [0.2, 0.25) is 0 Å². The number of aromatic nitrogens is 1. The summed E-state index contributed by atoms with van der Waals surface area (Å²) in [6.45, 7) is 1.96. The molecule has 0 spiro atoms. The average molecular weight is 226 g/mol. The highest BCUT2D eigenvalue weighted by Gasteiger charge is 2.36. The molecule has 1 amide bonds. The summed E-state index contributed by atoms with van der Waals surface area (Å²) in [5.74, 6) is 0.324. The first-order valence-electron chi connectivity index (χ1n) is 4.97. The topological polar surface area (TPSA) is 51.2 Å². The summed E-state index contributed by atoms with van der Waals surface area (Å²) in [5, 5.41) is 3.43. The van der Waals surface area contributed by atoms with Crippen LogP contribution in [-0.4, -0.2) is 24.1 Å². The molecule has 1 saturated carbocycles. The number of anilines is 1. The standard InChI is InChI=1S/C10H14N2O2S/c1-6-5-11-10(15-6)12-9(13)8(14-2)7-3-4-7/h5,7-8H,3-4H2,1-2H3,(H,11,12,13). The Labute approximate surface area is 92.7 Å². The van der Waals surface area contributed by atoms with Gasteiger partial charge >= 0.3 is 0 Å². The molecule has 1 aromatic rings. The van der Waals surface area contributed by atoms with Crippen molar-refractivity contribution >= 4 is 22.4 Å². The molecule has 0 bridgehead atoms. The van der Waals surface area contributed by atoms with Crippen molar-refractivity contribution in [1.82, 2.24) is 4.98 Å². The highest BCUT2D eigenvalue weighted by molar-refractivity contribution is 7.15. The first-order chi connectivity index (χ1) is 7.20. The van der Waals surface area contributed by atoms with E-state index in [-0.39, 0.29) is 12.0 Å². The van der Waals surface area contributed by atoms with E-state index in [1.54, 1.807) is 13.3 Å². The lowest BCUT2D eigenvalue weighted by atomic mass is 10.2. The van der Waals surface area contributed by atoms with E-state index >= 15 is 0 Å². The summed E-state index contributed by atoms with van der Waals surface area (Å²) in [5.41, 5.74) is 0. The Balaban J connectivity index is 1.95. The van der Waals surface area contributed by atoms with Crippen molar-refractivity contribution in [2.24, 2.45) is 5.92 Å². The van der Waals surface area contributed by atoms with Crippen molar-refractivity contribution in [3.63, 3.8) is 0 Å². The minimum absolute atomic E-state index is 0.0747. The third kappa shape index (κ3) is 2.54. The summed E-state index contributed by atoms with van der Waals surface area (Å²) >= 11 is 1.48. The minimum atomic E-state index is -0.311. The molecule has 0 saturated heterocycles. The highest BCUT2D eigenvalue weighted by Crippen LogP contribution is 2.34. The molecular formula is C10H14N2O2S. The fraction of sp³-hybridized carbons (Fsp3) is 0.600. The Morgan fingerprint density at radius 2 is 2.47 bits per heavy atom. The maximum Gasteiger partial charge on any atom is 0.255 e. The lowest BCUT2D eigenvalue weighted by Crippen LogP contribution is -2.31. The zero-order valence-corrected chi connectivity index (χ0v) is 9.63. The first kappa shape index (κ1) is 10.6. The Kier molecular flexibility index (Phi) is 3.02. The molecule has 82 valence electrons. The molecule has 15 heavy (non-hydrogen) atoms. The van der Waals surface area contributed by atoms with Gasteiger partial charge in [0.25, 0.3) is 5.91 Å². The Morgan fingerprint density at radius 1 is 1.73 bits per heavy atom. The van der Waals surface area contributed by atoms with Crippen molar-refractivity contribution in [2.45, 2.75) is 25.9 Å². The molecule has 1 unspecified atom stereocenters. The molecular weight excluding hydrogens is 212 g/mol. The molecule has 1 aromatic heterocycles. The number of hydrogen-bond acceptors (Lipinski definition) is 4. The van der Waals surface area contributed by atoms with Gasteiger partial charge < -0.3 is 4.74 Å². The lowest BCUT2D eigenvalue weighted by Gasteiger charge is -2.12. The highest BCUT2D eigenvalue weighted by atomic mass is 32.1. The van der Waals surface area contributed by atoms with Crippen LogP contribution in [0.5, 0.6) is 0 Å². The zero-order chi connectivity index (χ0) is 10.8. The van der Waals surface area contributed by atoms with Gasteiger partial charge in [0.05, 0.1) is 0 Å². The number of hydrogen-bond donors (Lipinski definition) is 1. The molecule has 0 aliphatic heterocycles. The molecule has 1 atom stereocenters. The van der Waals surface area contributed by atoms with Crippen LogP contribution in [-0.2, 0) is 9.53 Å². The number of rotatable bonds is 4. The predicted octanol–water partition coefficient (Wildman–Crippen LogP) is 1.82. The minimum Gasteiger partial charge on any atom is -0.371 e. The summed E-state index contributed by atoms with van der Waals surface area (Å²) in [4.78, 5) is 16.9. The molecule has 1 aliphatic rings. The van der Waals surface area contributed by atoms with Crippen molar-refractivity contribution in [3.8, 4) is 0 Å². The van der Waals surface area contributed by atoms with Gasteiger partial charge in [0.15, 0.2) is 5.13 Å². The molecule has 1 heterocycles. The van der Waals surface area contributed by atoms with E-state index in [1.807, 2.05) is 6.92 Å². The van der Waals surface area contributed by atoms with Crippen LogP contribution < -0.4 is 5.32 Å². The second-order valence-electron chi connectivity index (χ2n) is 3.76. The SMILES string of the molecule is COC(C(=O)Nc1ncc(C)s1)C1CC1. The fourth-order valence-electron chi connectivity index (χ4n) is 1.50. The van der Waals surface area contributed by atoms with Crippen LogP contribution >= 0.6 is 11.3 Å². The van der Waals surface area contributed by atoms with Gasteiger partial charge in [-0.15, -0.1) is 11.3 Å². The lowest BCUT2D eigenvalue weighted by molar-refractivity contribution is -0.126. The van der Waals surface area contributed by atoms with Crippen molar-refractivity contribution < 1.29 is 9.53 Å². The first-order valence-corrected chi connectivity index (χ1v) is 5.78. The van der Waals surface area contributed by atoms with Crippen molar-refractivity contribution in [3.05, 3.63) is 11.1 Å². The third-order valence-corrected chi connectivity index (χ3v) is 3.24. The van der Waals surface area contributed by atoms with Gasteiger partial charge in [-0.3, -0.25) is 10.1 Å². The van der Waals surface area contributed by atoms with Crippen LogP contribution in [0, 0.1) is 12.8 Å². The normalized spacial score (nSPS) is 17.5. The van der Waals surface area contributed by atoms with Gasteiger partial charge in [0, 0.05) is 18.2 Å².